The summed E-state index contributed by atoms with van der Waals surface area (Å²) in [5.41, 5.74) is 5.89. The molecule has 2 N–H and O–H groups in total. The van der Waals surface area contributed by atoms with E-state index in [4.69, 9.17) is 10.5 Å². The number of aryl methyl sites for hydroxylation is 1. The standard InChI is InChI=1S/C14H26N4O/c1-5-7-13-16-12(15)10-14(17-13)18(8-9-19-4)11(3)6-2/h10-11H,5-9H2,1-4H3,(H2,15,16,17). The van der Waals surface area contributed by atoms with E-state index in [0.717, 1.165) is 37.4 Å². The summed E-state index contributed by atoms with van der Waals surface area (Å²) in [4.78, 5) is 11.1. The number of aromatic nitrogens is 2. The van der Waals surface area contributed by atoms with Gasteiger partial charge in [-0.2, -0.15) is 0 Å². The maximum Gasteiger partial charge on any atom is 0.134 e. The maximum absolute atomic E-state index is 5.89. The van der Waals surface area contributed by atoms with Crippen molar-refractivity contribution in [3.8, 4) is 0 Å². The Kier molecular flexibility index (Phi) is 6.56. The van der Waals surface area contributed by atoms with Crippen LogP contribution in [0.1, 0.15) is 39.4 Å². The lowest BCUT2D eigenvalue weighted by molar-refractivity contribution is 0.203. The highest BCUT2D eigenvalue weighted by atomic mass is 16.5. The van der Waals surface area contributed by atoms with Crippen molar-refractivity contribution in [1.82, 2.24) is 9.97 Å². The summed E-state index contributed by atoms with van der Waals surface area (Å²) in [6, 6.07) is 2.25. The minimum atomic E-state index is 0.402. The molecular formula is C14H26N4O. The second-order valence-corrected chi connectivity index (χ2v) is 4.76. The zero-order valence-corrected chi connectivity index (χ0v) is 12.5. The van der Waals surface area contributed by atoms with E-state index >= 15 is 0 Å². The van der Waals surface area contributed by atoms with Gasteiger partial charge in [0.15, 0.2) is 0 Å². The van der Waals surface area contributed by atoms with Gasteiger partial charge in [-0.3, -0.25) is 0 Å². The molecule has 1 aromatic rings. The molecule has 5 nitrogen and oxygen atoms in total. The molecule has 1 atom stereocenters. The van der Waals surface area contributed by atoms with Crippen molar-refractivity contribution in [2.45, 2.75) is 46.1 Å². The van der Waals surface area contributed by atoms with Crippen LogP contribution in [-0.4, -0.2) is 36.3 Å². The van der Waals surface area contributed by atoms with Gasteiger partial charge in [-0.1, -0.05) is 13.8 Å². The van der Waals surface area contributed by atoms with Crippen LogP contribution >= 0.6 is 0 Å². The Morgan fingerprint density at radius 3 is 2.68 bits per heavy atom. The smallest absolute Gasteiger partial charge is 0.134 e. The van der Waals surface area contributed by atoms with Gasteiger partial charge in [-0.25, -0.2) is 9.97 Å². The third-order valence-electron chi connectivity index (χ3n) is 3.21. The summed E-state index contributed by atoms with van der Waals surface area (Å²) in [5.74, 6) is 2.27. The summed E-state index contributed by atoms with van der Waals surface area (Å²) in [6.07, 6.45) is 2.93. The van der Waals surface area contributed by atoms with E-state index in [2.05, 4.69) is 35.6 Å². The monoisotopic (exact) mass is 266 g/mol. The molecule has 1 rings (SSSR count). The first-order chi connectivity index (χ1) is 9.12. The van der Waals surface area contributed by atoms with Crippen molar-refractivity contribution in [1.29, 1.82) is 0 Å². The van der Waals surface area contributed by atoms with Gasteiger partial charge in [0.2, 0.25) is 0 Å². The van der Waals surface area contributed by atoms with Crippen molar-refractivity contribution in [2.24, 2.45) is 0 Å². The molecule has 0 fully saturated rings. The van der Waals surface area contributed by atoms with Crippen molar-refractivity contribution < 1.29 is 4.74 Å². The Hall–Kier alpha value is -1.36. The minimum absolute atomic E-state index is 0.402. The number of rotatable bonds is 8. The Labute approximate surface area is 116 Å². The second-order valence-electron chi connectivity index (χ2n) is 4.76. The molecule has 0 bridgehead atoms. The van der Waals surface area contributed by atoms with E-state index in [9.17, 15) is 0 Å². The zero-order chi connectivity index (χ0) is 14.3. The molecule has 1 heterocycles. The van der Waals surface area contributed by atoms with E-state index < -0.39 is 0 Å². The molecule has 0 aliphatic rings. The van der Waals surface area contributed by atoms with Gasteiger partial charge < -0.3 is 15.4 Å². The number of methoxy groups -OCH3 is 1. The van der Waals surface area contributed by atoms with Crippen molar-refractivity contribution in [3.05, 3.63) is 11.9 Å². The Morgan fingerprint density at radius 2 is 2.11 bits per heavy atom. The molecule has 0 aromatic carbocycles. The van der Waals surface area contributed by atoms with Gasteiger partial charge in [0.1, 0.15) is 17.5 Å². The molecule has 1 unspecified atom stereocenters. The van der Waals surface area contributed by atoms with Gasteiger partial charge in [0.05, 0.1) is 6.61 Å². The minimum Gasteiger partial charge on any atom is -0.384 e. The SMILES string of the molecule is CCCc1nc(N)cc(N(CCOC)C(C)CC)n1. The first-order valence-corrected chi connectivity index (χ1v) is 7.01. The molecule has 0 aliphatic carbocycles. The van der Waals surface area contributed by atoms with Crippen molar-refractivity contribution in [3.63, 3.8) is 0 Å². The van der Waals surface area contributed by atoms with E-state index in [-0.39, 0.29) is 0 Å². The fourth-order valence-corrected chi connectivity index (χ4v) is 1.96. The van der Waals surface area contributed by atoms with Crippen LogP contribution in [0.3, 0.4) is 0 Å². The quantitative estimate of drug-likeness (QED) is 0.782. The fraction of sp³-hybridized carbons (Fsp3) is 0.714. The summed E-state index contributed by atoms with van der Waals surface area (Å²) >= 11 is 0. The average molecular weight is 266 g/mol. The van der Waals surface area contributed by atoms with Crippen LogP contribution < -0.4 is 10.6 Å². The number of nitrogens with zero attached hydrogens (tertiary/aromatic N) is 3. The molecule has 0 spiro atoms. The fourth-order valence-electron chi connectivity index (χ4n) is 1.96. The van der Waals surface area contributed by atoms with Gasteiger partial charge >= 0.3 is 0 Å². The first-order valence-electron chi connectivity index (χ1n) is 7.01. The lowest BCUT2D eigenvalue weighted by Gasteiger charge is -2.29. The highest BCUT2D eigenvalue weighted by molar-refractivity contribution is 5.47. The summed E-state index contributed by atoms with van der Waals surface area (Å²) < 4.78 is 5.18. The number of ether oxygens (including phenoxy) is 1. The van der Waals surface area contributed by atoms with E-state index in [1.807, 2.05) is 6.07 Å². The molecule has 0 radical (unpaired) electrons. The predicted octanol–water partition coefficient (Wildman–Crippen LogP) is 2.26. The Morgan fingerprint density at radius 1 is 1.37 bits per heavy atom. The highest BCUT2D eigenvalue weighted by Crippen LogP contribution is 2.18. The first kappa shape index (κ1) is 15.7. The van der Waals surface area contributed by atoms with Crippen LogP contribution in [0.4, 0.5) is 11.6 Å². The van der Waals surface area contributed by atoms with Crippen molar-refractivity contribution >= 4 is 11.6 Å². The van der Waals surface area contributed by atoms with Gasteiger partial charge in [0, 0.05) is 32.2 Å². The number of anilines is 2. The molecular weight excluding hydrogens is 240 g/mol. The molecule has 1 aromatic heterocycles. The molecule has 0 saturated carbocycles. The normalized spacial score (nSPS) is 12.4. The Bertz CT molecular complexity index is 384. The van der Waals surface area contributed by atoms with Crippen LogP contribution in [-0.2, 0) is 11.2 Å². The van der Waals surface area contributed by atoms with Gasteiger partial charge in [0.25, 0.3) is 0 Å². The molecule has 19 heavy (non-hydrogen) atoms. The summed E-state index contributed by atoms with van der Waals surface area (Å²) in [5, 5.41) is 0. The van der Waals surface area contributed by atoms with Crippen LogP contribution in [0.25, 0.3) is 0 Å². The lowest BCUT2D eigenvalue weighted by Crippen LogP contribution is -2.36. The number of nitrogen functional groups attached to an aromatic ring is 1. The zero-order valence-electron chi connectivity index (χ0n) is 12.5. The van der Waals surface area contributed by atoms with Gasteiger partial charge in [-0.15, -0.1) is 0 Å². The van der Waals surface area contributed by atoms with Crippen LogP contribution in [0.5, 0.6) is 0 Å². The summed E-state index contributed by atoms with van der Waals surface area (Å²) in [6.45, 7) is 7.96. The molecule has 0 saturated heterocycles. The van der Waals surface area contributed by atoms with E-state index in [1.165, 1.54) is 0 Å². The third kappa shape index (κ3) is 4.67. The van der Waals surface area contributed by atoms with Crippen LogP contribution in [0.2, 0.25) is 0 Å². The maximum atomic E-state index is 5.89. The summed E-state index contributed by atoms with van der Waals surface area (Å²) in [7, 11) is 1.71. The average Bonchev–Trinajstić information content (AvgIpc) is 2.38. The number of hydrogen-bond donors (Lipinski definition) is 1. The van der Waals surface area contributed by atoms with Gasteiger partial charge in [-0.05, 0) is 19.8 Å². The number of nitrogens with two attached hydrogens (primary N) is 1. The third-order valence-corrected chi connectivity index (χ3v) is 3.21. The molecule has 108 valence electrons. The van der Waals surface area contributed by atoms with Crippen molar-refractivity contribution in [2.75, 3.05) is 30.9 Å². The largest absolute Gasteiger partial charge is 0.384 e. The topological polar surface area (TPSA) is 64.3 Å². The predicted molar refractivity (Wildman–Crippen MR) is 79.4 cm³/mol. The Balaban J connectivity index is 2.99. The highest BCUT2D eigenvalue weighted by Gasteiger charge is 2.15. The van der Waals surface area contributed by atoms with E-state index in [0.29, 0.717) is 18.5 Å². The molecule has 0 aliphatic heterocycles. The van der Waals surface area contributed by atoms with Crippen LogP contribution in [0, 0.1) is 0 Å². The van der Waals surface area contributed by atoms with E-state index in [1.54, 1.807) is 7.11 Å². The molecule has 5 heteroatoms. The second kappa shape index (κ2) is 7.94. The lowest BCUT2D eigenvalue weighted by atomic mass is 10.2. The molecule has 0 amide bonds. The van der Waals surface area contributed by atoms with Crippen LogP contribution in [0.15, 0.2) is 6.07 Å². The number of hydrogen-bond acceptors (Lipinski definition) is 5.